The van der Waals surface area contributed by atoms with E-state index >= 15 is 0 Å². The molecule has 19 heavy (non-hydrogen) atoms. The highest BCUT2D eigenvalue weighted by Gasteiger charge is 2.15. The predicted octanol–water partition coefficient (Wildman–Crippen LogP) is 4.81. The van der Waals surface area contributed by atoms with Gasteiger partial charge in [-0.3, -0.25) is 0 Å². The Morgan fingerprint density at radius 3 is 2.53 bits per heavy atom. The third-order valence-electron chi connectivity index (χ3n) is 2.90. The van der Waals surface area contributed by atoms with E-state index in [1.807, 2.05) is 32.0 Å². The molecule has 4 heteroatoms. The summed E-state index contributed by atoms with van der Waals surface area (Å²) in [7, 11) is 0. The van der Waals surface area contributed by atoms with Crippen LogP contribution in [0.3, 0.4) is 0 Å². The molecule has 0 bridgehead atoms. The molecule has 0 fully saturated rings. The summed E-state index contributed by atoms with van der Waals surface area (Å²) in [6, 6.07) is 11.2. The lowest BCUT2D eigenvalue weighted by Crippen LogP contribution is -1.99. The number of carboxylic acid groups (broad SMARTS) is 1. The number of halogens is 1. The Kier molecular flexibility index (Phi) is 4.17. The molecular weight excluding hydrogens is 280 g/mol. The molecule has 0 aliphatic heterocycles. The van der Waals surface area contributed by atoms with Gasteiger partial charge in [0, 0.05) is 9.79 Å². The van der Waals surface area contributed by atoms with Gasteiger partial charge in [0.25, 0.3) is 0 Å². The normalized spacial score (nSPS) is 10.5. The number of aromatic carboxylic acids is 1. The lowest BCUT2D eigenvalue weighted by atomic mass is 10.1. The van der Waals surface area contributed by atoms with Gasteiger partial charge in [0.15, 0.2) is 0 Å². The minimum Gasteiger partial charge on any atom is -0.478 e. The van der Waals surface area contributed by atoms with Gasteiger partial charge >= 0.3 is 5.97 Å². The standard InChI is InChI=1S/C15H13ClO2S/c1-9-6-7-11(8-10(9)2)19-13-5-3-4-12(16)14(13)15(17)18/h3-8H,1-2H3,(H,17,18). The molecule has 0 aliphatic rings. The SMILES string of the molecule is Cc1ccc(Sc2cccc(Cl)c2C(=O)O)cc1C. The summed E-state index contributed by atoms with van der Waals surface area (Å²) in [6.45, 7) is 4.08. The third-order valence-corrected chi connectivity index (χ3v) is 4.26. The van der Waals surface area contributed by atoms with E-state index in [2.05, 4.69) is 0 Å². The summed E-state index contributed by atoms with van der Waals surface area (Å²) in [6.07, 6.45) is 0. The first kappa shape index (κ1) is 14.0. The van der Waals surface area contributed by atoms with E-state index in [0.29, 0.717) is 4.90 Å². The summed E-state index contributed by atoms with van der Waals surface area (Å²) in [5, 5.41) is 9.49. The largest absolute Gasteiger partial charge is 0.478 e. The van der Waals surface area contributed by atoms with Crippen molar-refractivity contribution in [1.82, 2.24) is 0 Å². The van der Waals surface area contributed by atoms with Crippen molar-refractivity contribution in [3.8, 4) is 0 Å². The van der Waals surface area contributed by atoms with Crippen molar-refractivity contribution in [2.24, 2.45) is 0 Å². The Morgan fingerprint density at radius 1 is 1.16 bits per heavy atom. The third kappa shape index (κ3) is 3.11. The predicted molar refractivity (Wildman–Crippen MR) is 78.5 cm³/mol. The zero-order valence-corrected chi connectivity index (χ0v) is 12.2. The number of hydrogen-bond donors (Lipinski definition) is 1. The molecule has 2 rings (SSSR count). The second-order valence-corrected chi connectivity index (χ2v) is 5.79. The quantitative estimate of drug-likeness (QED) is 0.882. The van der Waals surface area contributed by atoms with Crippen LogP contribution in [0.25, 0.3) is 0 Å². The Hall–Kier alpha value is -1.45. The van der Waals surface area contributed by atoms with Crippen LogP contribution in [0.2, 0.25) is 5.02 Å². The minimum atomic E-state index is -1.00. The maximum absolute atomic E-state index is 11.3. The second-order valence-electron chi connectivity index (χ2n) is 4.27. The van der Waals surface area contributed by atoms with Crippen molar-refractivity contribution in [2.45, 2.75) is 23.6 Å². The van der Waals surface area contributed by atoms with Crippen LogP contribution in [0.5, 0.6) is 0 Å². The Bertz CT molecular complexity index is 638. The van der Waals surface area contributed by atoms with Crippen molar-refractivity contribution in [3.63, 3.8) is 0 Å². The minimum absolute atomic E-state index is 0.160. The highest BCUT2D eigenvalue weighted by molar-refractivity contribution is 7.99. The number of benzene rings is 2. The zero-order chi connectivity index (χ0) is 14.0. The fraction of sp³-hybridized carbons (Fsp3) is 0.133. The molecule has 2 aromatic carbocycles. The van der Waals surface area contributed by atoms with Crippen LogP contribution < -0.4 is 0 Å². The van der Waals surface area contributed by atoms with Gasteiger partial charge in [-0.1, -0.05) is 35.5 Å². The maximum atomic E-state index is 11.3. The van der Waals surface area contributed by atoms with Gasteiger partial charge in [0.1, 0.15) is 0 Å². The van der Waals surface area contributed by atoms with Gasteiger partial charge in [-0.15, -0.1) is 0 Å². The van der Waals surface area contributed by atoms with Gasteiger partial charge < -0.3 is 5.11 Å². The van der Waals surface area contributed by atoms with Gasteiger partial charge in [0.2, 0.25) is 0 Å². The molecule has 0 radical (unpaired) electrons. The molecule has 2 aromatic rings. The van der Waals surface area contributed by atoms with E-state index in [1.165, 1.54) is 22.9 Å². The lowest BCUT2D eigenvalue weighted by molar-refractivity contribution is 0.0693. The van der Waals surface area contributed by atoms with E-state index in [-0.39, 0.29) is 10.6 Å². The number of rotatable bonds is 3. The molecule has 98 valence electrons. The summed E-state index contributed by atoms with van der Waals surface area (Å²) in [5.74, 6) is -1.00. The van der Waals surface area contributed by atoms with Crippen molar-refractivity contribution in [1.29, 1.82) is 0 Å². The Labute approximate surface area is 121 Å². The van der Waals surface area contributed by atoms with Crippen molar-refractivity contribution in [2.75, 3.05) is 0 Å². The molecule has 2 nitrogen and oxygen atoms in total. The molecule has 0 spiro atoms. The van der Waals surface area contributed by atoms with Gasteiger partial charge in [-0.2, -0.15) is 0 Å². The summed E-state index contributed by atoms with van der Waals surface area (Å²) in [4.78, 5) is 12.9. The molecule has 1 N–H and O–H groups in total. The van der Waals surface area contributed by atoms with Crippen LogP contribution >= 0.6 is 23.4 Å². The van der Waals surface area contributed by atoms with Crippen molar-refractivity contribution in [3.05, 3.63) is 58.1 Å². The molecule has 0 saturated carbocycles. The van der Waals surface area contributed by atoms with E-state index < -0.39 is 5.97 Å². The molecule has 0 saturated heterocycles. The van der Waals surface area contributed by atoms with E-state index in [4.69, 9.17) is 11.6 Å². The monoisotopic (exact) mass is 292 g/mol. The number of carboxylic acids is 1. The van der Waals surface area contributed by atoms with Crippen LogP contribution in [0.4, 0.5) is 0 Å². The smallest absolute Gasteiger partial charge is 0.338 e. The summed E-state index contributed by atoms with van der Waals surface area (Å²) in [5.41, 5.74) is 2.56. The fourth-order valence-electron chi connectivity index (χ4n) is 1.70. The highest BCUT2D eigenvalue weighted by atomic mass is 35.5. The van der Waals surface area contributed by atoms with Gasteiger partial charge in [0.05, 0.1) is 10.6 Å². The topological polar surface area (TPSA) is 37.3 Å². The zero-order valence-electron chi connectivity index (χ0n) is 10.6. The first-order valence-corrected chi connectivity index (χ1v) is 6.95. The van der Waals surface area contributed by atoms with Crippen molar-refractivity contribution >= 4 is 29.3 Å². The summed E-state index contributed by atoms with van der Waals surface area (Å²) < 4.78 is 0. The van der Waals surface area contributed by atoms with E-state index in [1.54, 1.807) is 18.2 Å². The van der Waals surface area contributed by atoms with Crippen LogP contribution in [0.15, 0.2) is 46.2 Å². The maximum Gasteiger partial charge on any atom is 0.338 e. The first-order chi connectivity index (χ1) is 8.99. The number of hydrogen-bond acceptors (Lipinski definition) is 2. The molecule has 0 atom stereocenters. The van der Waals surface area contributed by atoms with E-state index in [9.17, 15) is 9.90 Å². The molecule has 0 aromatic heterocycles. The average Bonchev–Trinajstić information content (AvgIpc) is 2.33. The lowest BCUT2D eigenvalue weighted by Gasteiger charge is -2.09. The van der Waals surface area contributed by atoms with Crippen LogP contribution in [-0.4, -0.2) is 11.1 Å². The fourth-order valence-corrected chi connectivity index (χ4v) is 3.08. The van der Waals surface area contributed by atoms with E-state index in [0.717, 1.165) is 4.90 Å². The molecule has 0 amide bonds. The van der Waals surface area contributed by atoms with Crippen LogP contribution in [-0.2, 0) is 0 Å². The molecule has 0 aliphatic carbocycles. The molecular formula is C15H13ClO2S. The van der Waals surface area contributed by atoms with Gasteiger partial charge in [-0.25, -0.2) is 4.79 Å². The van der Waals surface area contributed by atoms with Crippen LogP contribution in [0.1, 0.15) is 21.5 Å². The molecule has 0 unspecified atom stereocenters. The average molecular weight is 293 g/mol. The number of aryl methyl sites for hydroxylation is 2. The molecule has 0 heterocycles. The van der Waals surface area contributed by atoms with Crippen LogP contribution in [0, 0.1) is 13.8 Å². The highest BCUT2D eigenvalue weighted by Crippen LogP contribution is 2.34. The Balaban J connectivity index is 2.40. The first-order valence-electron chi connectivity index (χ1n) is 5.76. The van der Waals surface area contributed by atoms with Gasteiger partial charge in [-0.05, 0) is 49.2 Å². The second kappa shape index (κ2) is 5.68. The Morgan fingerprint density at radius 2 is 1.89 bits per heavy atom. The summed E-state index contributed by atoms with van der Waals surface area (Å²) >= 11 is 7.37. The number of carbonyl (C=O) groups is 1. The van der Waals surface area contributed by atoms with Crippen molar-refractivity contribution < 1.29 is 9.90 Å².